The lowest BCUT2D eigenvalue weighted by molar-refractivity contribution is 0.231. The molecule has 0 radical (unpaired) electrons. The molecule has 0 atom stereocenters. The van der Waals surface area contributed by atoms with Gasteiger partial charge >= 0.3 is 0 Å². The Bertz CT molecular complexity index is 401. The maximum Gasteiger partial charge on any atom is 0.156 e. The van der Waals surface area contributed by atoms with Gasteiger partial charge in [-0.15, -0.1) is 0 Å². The van der Waals surface area contributed by atoms with Gasteiger partial charge in [0.25, 0.3) is 0 Å². The highest BCUT2D eigenvalue weighted by Crippen LogP contribution is 2.24. The summed E-state index contributed by atoms with van der Waals surface area (Å²) < 4.78 is 0.835. The number of hydrogen-bond acceptors (Lipinski definition) is 5. The number of nitrogens with two attached hydrogens (primary N) is 1. The zero-order valence-electron chi connectivity index (χ0n) is 10.9. The Morgan fingerprint density at radius 1 is 1.28 bits per heavy atom. The Morgan fingerprint density at radius 3 is 2.56 bits per heavy atom. The van der Waals surface area contributed by atoms with Crippen molar-refractivity contribution in [1.82, 2.24) is 14.9 Å². The molecule has 18 heavy (non-hydrogen) atoms. The lowest BCUT2D eigenvalue weighted by Gasteiger charge is -2.36. The molecule has 0 saturated carbocycles. The number of anilines is 2. The maximum absolute atomic E-state index is 6.04. The van der Waals surface area contributed by atoms with Crippen LogP contribution in [0.1, 0.15) is 13.8 Å². The van der Waals surface area contributed by atoms with Crippen molar-refractivity contribution in [1.29, 1.82) is 0 Å². The van der Waals surface area contributed by atoms with Crippen molar-refractivity contribution in [2.75, 3.05) is 43.4 Å². The minimum Gasteiger partial charge on any atom is -0.394 e. The van der Waals surface area contributed by atoms with Gasteiger partial charge in [-0.3, -0.25) is 4.90 Å². The topological polar surface area (TPSA) is 58.3 Å². The first-order valence-corrected chi connectivity index (χ1v) is 7.39. The molecule has 6 heteroatoms. The third-order valence-electron chi connectivity index (χ3n) is 3.11. The Balaban J connectivity index is 1.99. The van der Waals surface area contributed by atoms with Crippen molar-refractivity contribution in [2.45, 2.75) is 13.8 Å². The smallest absolute Gasteiger partial charge is 0.156 e. The van der Waals surface area contributed by atoms with E-state index in [0.29, 0.717) is 5.69 Å². The third kappa shape index (κ3) is 3.23. The molecule has 2 rings (SSSR count). The number of piperazine rings is 1. The summed E-state index contributed by atoms with van der Waals surface area (Å²) in [5.41, 5.74) is 6.75. The number of aromatic nitrogens is 2. The molecule has 1 aromatic rings. The van der Waals surface area contributed by atoms with Gasteiger partial charge in [0, 0.05) is 32.7 Å². The van der Waals surface area contributed by atoms with Crippen molar-refractivity contribution in [3.63, 3.8) is 0 Å². The second-order valence-electron chi connectivity index (χ2n) is 5.08. The summed E-state index contributed by atoms with van der Waals surface area (Å²) in [6.45, 7) is 9.84. The van der Waals surface area contributed by atoms with Gasteiger partial charge in [-0.25, -0.2) is 9.97 Å². The van der Waals surface area contributed by atoms with Crippen molar-refractivity contribution in [3.8, 4) is 0 Å². The number of halogens is 1. The molecule has 1 aromatic heterocycles. The van der Waals surface area contributed by atoms with Gasteiger partial charge in [-0.2, -0.15) is 0 Å². The largest absolute Gasteiger partial charge is 0.394 e. The molecule has 2 N–H and O–H groups in total. The van der Waals surface area contributed by atoms with Crippen LogP contribution in [0.5, 0.6) is 0 Å². The fourth-order valence-electron chi connectivity index (χ4n) is 2.28. The van der Waals surface area contributed by atoms with Crippen molar-refractivity contribution >= 4 is 34.1 Å². The molecular formula is C12H20IN5. The van der Waals surface area contributed by atoms with Gasteiger partial charge in [0.15, 0.2) is 5.82 Å². The van der Waals surface area contributed by atoms with E-state index in [-0.39, 0.29) is 0 Å². The minimum atomic E-state index is 0.704. The van der Waals surface area contributed by atoms with Crippen LogP contribution in [-0.2, 0) is 0 Å². The summed E-state index contributed by atoms with van der Waals surface area (Å²) in [6.07, 6.45) is 1.59. The maximum atomic E-state index is 6.04. The summed E-state index contributed by atoms with van der Waals surface area (Å²) in [4.78, 5) is 13.2. The van der Waals surface area contributed by atoms with E-state index in [2.05, 4.69) is 56.2 Å². The molecule has 5 nitrogen and oxygen atoms in total. The van der Waals surface area contributed by atoms with E-state index in [0.717, 1.165) is 41.6 Å². The van der Waals surface area contributed by atoms with Crippen LogP contribution in [0.2, 0.25) is 0 Å². The molecule has 0 aromatic carbocycles. The average Bonchev–Trinajstić information content (AvgIpc) is 2.33. The lowest BCUT2D eigenvalue weighted by atomic mass is 10.2. The molecule has 1 aliphatic rings. The summed E-state index contributed by atoms with van der Waals surface area (Å²) in [5.74, 6) is 1.61. The van der Waals surface area contributed by atoms with E-state index in [4.69, 9.17) is 5.73 Å². The van der Waals surface area contributed by atoms with Gasteiger partial charge in [0.05, 0.1) is 0 Å². The van der Waals surface area contributed by atoms with Gasteiger partial charge in [0.1, 0.15) is 15.7 Å². The molecule has 1 aliphatic heterocycles. The van der Waals surface area contributed by atoms with Crippen LogP contribution >= 0.6 is 22.6 Å². The predicted octanol–water partition coefficient (Wildman–Crippen LogP) is 1.44. The highest BCUT2D eigenvalue weighted by atomic mass is 127. The Hall–Kier alpha value is -0.630. The summed E-state index contributed by atoms with van der Waals surface area (Å²) in [5, 5.41) is 0. The van der Waals surface area contributed by atoms with E-state index in [9.17, 15) is 0 Å². The number of hydrogen-bond donors (Lipinski definition) is 1. The van der Waals surface area contributed by atoms with Gasteiger partial charge < -0.3 is 10.6 Å². The highest BCUT2D eigenvalue weighted by Gasteiger charge is 2.20. The molecule has 0 bridgehead atoms. The molecule has 1 fully saturated rings. The van der Waals surface area contributed by atoms with E-state index in [1.807, 2.05) is 0 Å². The molecule has 1 saturated heterocycles. The first-order chi connectivity index (χ1) is 8.58. The van der Waals surface area contributed by atoms with Crippen LogP contribution in [0.3, 0.4) is 0 Å². The summed E-state index contributed by atoms with van der Waals surface area (Å²) in [7, 11) is 0. The van der Waals surface area contributed by atoms with E-state index >= 15 is 0 Å². The second-order valence-corrected chi connectivity index (χ2v) is 6.11. The first kappa shape index (κ1) is 13.8. The molecular weight excluding hydrogens is 341 g/mol. The van der Waals surface area contributed by atoms with Crippen molar-refractivity contribution < 1.29 is 0 Å². The Kier molecular flexibility index (Phi) is 4.60. The zero-order chi connectivity index (χ0) is 13.1. The molecule has 0 aliphatic carbocycles. The van der Waals surface area contributed by atoms with Crippen LogP contribution in [0.15, 0.2) is 6.33 Å². The quantitative estimate of drug-likeness (QED) is 0.652. The molecule has 2 heterocycles. The summed E-state index contributed by atoms with van der Waals surface area (Å²) in [6, 6.07) is 0. The van der Waals surface area contributed by atoms with Crippen LogP contribution in [-0.4, -0.2) is 47.6 Å². The van der Waals surface area contributed by atoms with Crippen LogP contribution in [0.25, 0.3) is 0 Å². The van der Waals surface area contributed by atoms with Crippen LogP contribution < -0.4 is 10.6 Å². The first-order valence-electron chi connectivity index (χ1n) is 6.31. The summed E-state index contributed by atoms with van der Waals surface area (Å²) >= 11 is 2.15. The van der Waals surface area contributed by atoms with Crippen LogP contribution in [0, 0.1) is 9.62 Å². The number of nitrogens with zero attached hydrogens (tertiary/aromatic N) is 4. The lowest BCUT2D eigenvalue weighted by Crippen LogP contribution is -2.48. The standard InChI is InChI=1S/C12H20IN5/c1-9(2)7-17-3-5-18(6-4-17)12-10(14)11(13)15-8-16-12/h8-9H,3-7,14H2,1-2H3. The van der Waals surface area contributed by atoms with Crippen LogP contribution in [0.4, 0.5) is 11.5 Å². The van der Waals surface area contributed by atoms with E-state index in [1.54, 1.807) is 6.33 Å². The Morgan fingerprint density at radius 2 is 1.94 bits per heavy atom. The SMILES string of the molecule is CC(C)CN1CCN(c2ncnc(I)c2N)CC1. The molecule has 100 valence electrons. The number of rotatable bonds is 3. The number of nitrogen functional groups attached to an aromatic ring is 1. The fraction of sp³-hybridized carbons (Fsp3) is 0.667. The minimum absolute atomic E-state index is 0.704. The molecule has 0 amide bonds. The zero-order valence-corrected chi connectivity index (χ0v) is 13.1. The van der Waals surface area contributed by atoms with Gasteiger partial charge in [0.2, 0.25) is 0 Å². The van der Waals surface area contributed by atoms with E-state index in [1.165, 1.54) is 6.54 Å². The van der Waals surface area contributed by atoms with Crippen molar-refractivity contribution in [2.24, 2.45) is 5.92 Å². The monoisotopic (exact) mass is 361 g/mol. The molecule has 0 unspecified atom stereocenters. The predicted molar refractivity (Wildman–Crippen MR) is 82.7 cm³/mol. The van der Waals surface area contributed by atoms with E-state index < -0.39 is 0 Å². The Labute approximate surface area is 122 Å². The average molecular weight is 361 g/mol. The normalized spacial score (nSPS) is 17.4. The van der Waals surface area contributed by atoms with Gasteiger partial charge in [-0.05, 0) is 28.5 Å². The van der Waals surface area contributed by atoms with Gasteiger partial charge in [-0.1, -0.05) is 13.8 Å². The van der Waals surface area contributed by atoms with Crippen molar-refractivity contribution in [3.05, 3.63) is 10.0 Å². The highest BCUT2D eigenvalue weighted by molar-refractivity contribution is 14.1. The second kappa shape index (κ2) is 6.01. The molecule has 0 spiro atoms. The fourth-order valence-corrected chi connectivity index (χ4v) is 2.64. The third-order valence-corrected chi connectivity index (χ3v) is 3.97.